The van der Waals surface area contributed by atoms with E-state index in [-0.39, 0.29) is 25.0 Å². The number of hydrogen-bond donors (Lipinski definition) is 0. The van der Waals surface area contributed by atoms with Crippen LogP contribution in [-0.4, -0.2) is 34.5 Å². The first-order chi connectivity index (χ1) is 4.75. The zero-order chi connectivity index (χ0) is 7.56. The summed E-state index contributed by atoms with van der Waals surface area (Å²) in [7, 11) is 0. The third-order valence-corrected chi connectivity index (χ3v) is 1.85. The van der Waals surface area contributed by atoms with E-state index in [9.17, 15) is 9.59 Å². The molecule has 5 heteroatoms. The molecule has 0 atom stereocenters. The molecule has 2 amide bonds. The minimum atomic E-state index is -0.245. The van der Waals surface area contributed by atoms with Crippen molar-refractivity contribution < 1.29 is 14.3 Å². The summed E-state index contributed by atoms with van der Waals surface area (Å²) in [6.07, 6.45) is 0. The third-order valence-electron chi connectivity index (χ3n) is 1.17. The van der Waals surface area contributed by atoms with Crippen molar-refractivity contribution in [3.8, 4) is 0 Å². The van der Waals surface area contributed by atoms with E-state index in [2.05, 4.69) is 4.74 Å². The Morgan fingerprint density at radius 1 is 1.40 bits per heavy atom. The van der Waals surface area contributed by atoms with Gasteiger partial charge >= 0.3 is 0 Å². The molecular formula is C5H6INO3. The summed E-state index contributed by atoms with van der Waals surface area (Å²) in [4.78, 5) is 22.8. The number of carbonyl (C=O) groups excluding carboxylic acids is 2. The van der Waals surface area contributed by atoms with E-state index < -0.39 is 0 Å². The fourth-order valence-electron chi connectivity index (χ4n) is 0.654. The van der Waals surface area contributed by atoms with Gasteiger partial charge in [-0.05, 0) is 0 Å². The van der Waals surface area contributed by atoms with Crippen molar-refractivity contribution in [2.24, 2.45) is 0 Å². The third kappa shape index (κ3) is 1.46. The standard InChI is InChI=1S/C5H6INO3/c6-3-7-4(8)1-10-2-5(7)9/h1-3H2. The average molecular weight is 255 g/mol. The summed E-state index contributed by atoms with van der Waals surface area (Å²) in [5.41, 5.74) is 0. The highest BCUT2D eigenvalue weighted by Gasteiger charge is 2.24. The molecule has 56 valence electrons. The zero-order valence-corrected chi connectivity index (χ0v) is 7.33. The van der Waals surface area contributed by atoms with Crippen LogP contribution in [0.5, 0.6) is 0 Å². The molecule has 0 aromatic carbocycles. The Kier molecular flexibility index (Phi) is 2.61. The number of carbonyl (C=O) groups is 2. The van der Waals surface area contributed by atoms with Gasteiger partial charge < -0.3 is 4.74 Å². The molecule has 0 unspecified atom stereocenters. The lowest BCUT2D eigenvalue weighted by Crippen LogP contribution is -2.45. The normalized spacial score (nSPS) is 19.9. The number of alkyl halides is 1. The molecule has 4 nitrogen and oxygen atoms in total. The molecule has 0 aromatic rings. The minimum absolute atomic E-state index is 0.0364. The van der Waals surface area contributed by atoms with Gasteiger partial charge in [-0.25, -0.2) is 0 Å². The maximum absolute atomic E-state index is 10.8. The van der Waals surface area contributed by atoms with Crippen LogP contribution in [0.15, 0.2) is 0 Å². The molecule has 0 aromatic heterocycles. The number of hydrogen-bond acceptors (Lipinski definition) is 3. The molecule has 1 aliphatic rings. The van der Waals surface area contributed by atoms with Gasteiger partial charge in [-0.15, -0.1) is 0 Å². The van der Waals surface area contributed by atoms with E-state index in [0.717, 1.165) is 0 Å². The lowest BCUT2D eigenvalue weighted by molar-refractivity contribution is -0.156. The van der Waals surface area contributed by atoms with Gasteiger partial charge in [-0.3, -0.25) is 14.5 Å². The molecule has 0 radical (unpaired) electrons. The van der Waals surface area contributed by atoms with Gasteiger partial charge in [0.05, 0.1) is 4.55 Å². The number of nitrogens with zero attached hydrogens (tertiary/aromatic N) is 1. The number of morpholine rings is 1. The summed E-state index contributed by atoms with van der Waals surface area (Å²) < 4.78 is 5.10. The summed E-state index contributed by atoms with van der Waals surface area (Å²) >= 11 is 1.97. The highest BCUT2D eigenvalue weighted by Crippen LogP contribution is 2.02. The largest absolute Gasteiger partial charge is 0.362 e. The van der Waals surface area contributed by atoms with Crippen LogP contribution in [0, 0.1) is 0 Å². The maximum atomic E-state index is 10.8. The average Bonchev–Trinajstić information content (AvgIpc) is 1.88. The first kappa shape index (κ1) is 7.93. The molecule has 1 aliphatic heterocycles. The second kappa shape index (κ2) is 3.29. The topological polar surface area (TPSA) is 46.6 Å². The van der Waals surface area contributed by atoms with E-state index in [1.165, 1.54) is 4.90 Å². The van der Waals surface area contributed by atoms with Crippen molar-refractivity contribution >= 4 is 34.4 Å². The predicted octanol–water partition coefficient (Wildman–Crippen LogP) is -0.236. The molecule has 0 N–H and O–H groups in total. The van der Waals surface area contributed by atoms with Gasteiger partial charge in [0.25, 0.3) is 11.8 Å². The fraction of sp³-hybridized carbons (Fsp3) is 0.600. The SMILES string of the molecule is O=C1COCC(=O)N1CI. The number of ether oxygens (including phenoxy) is 1. The highest BCUT2D eigenvalue weighted by atomic mass is 127. The van der Waals surface area contributed by atoms with Crippen molar-refractivity contribution in [3.63, 3.8) is 0 Å². The van der Waals surface area contributed by atoms with Crippen LogP contribution in [0.3, 0.4) is 0 Å². The van der Waals surface area contributed by atoms with Crippen molar-refractivity contribution in [2.75, 3.05) is 17.8 Å². The number of amides is 2. The van der Waals surface area contributed by atoms with Crippen molar-refractivity contribution in [2.45, 2.75) is 0 Å². The monoisotopic (exact) mass is 255 g/mol. The van der Waals surface area contributed by atoms with Crippen LogP contribution >= 0.6 is 22.6 Å². The van der Waals surface area contributed by atoms with Crippen LogP contribution in [0.2, 0.25) is 0 Å². The highest BCUT2D eigenvalue weighted by molar-refractivity contribution is 14.1. The van der Waals surface area contributed by atoms with Crippen LogP contribution < -0.4 is 0 Å². The second-order valence-corrected chi connectivity index (χ2v) is 2.51. The molecular weight excluding hydrogens is 249 g/mol. The van der Waals surface area contributed by atoms with E-state index in [1.807, 2.05) is 22.6 Å². The van der Waals surface area contributed by atoms with E-state index in [1.54, 1.807) is 0 Å². The molecule has 1 saturated heterocycles. The summed E-state index contributed by atoms with van der Waals surface area (Å²) in [5.74, 6) is -0.490. The van der Waals surface area contributed by atoms with Crippen molar-refractivity contribution in [3.05, 3.63) is 0 Å². The Balaban J connectivity index is 2.62. The number of imide groups is 1. The molecule has 1 fully saturated rings. The number of halogens is 1. The molecule has 0 spiro atoms. The maximum Gasteiger partial charge on any atom is 0.255 e. The Morgan fingerprint density at radius 3 is 2.20 bits per heavy atom. The van der Waals surface area contributed by atoms with Gasteiger partial charge in [0.1, 0.15) is 13.2 Å². The molecule has 10 heavy (non-hydrogen) atoms. The molecule has 0 aliphatic carbocycles. The summed E-state index contributed by atoms with van der Waals surface area (Å²) in [5, 5.41) is 0. The molecule has 0 saturated carbocycles. The quantitative estimate of drug-likeness (QED) is 0.281. The van der Waals surface area contributed by atoms with Crippen molar-refractivity contribution in [1.82, 2.24) is 4.90 Å². The van der Waals surface area contributed by atoms with Gasteiger partial charge in [0.2, 0.25) is 0 Å². The first-order valence-electron chi connectivity index (χ1n) is 2.72. The van der Waals surface area contributed by atoms with Crippen LogP contribution in [0.1, 0.15) is 0 Å². The van der Waals surface area contributed by atoms with E-state index in [0.29, 0.717) is 4.55 Å². The van der Waals surface area contributed by atoms with Crippen LogP contribution in [0.4, 0.5) is 0 Å². The Morgan fingerprint density at radius 2 is 1.90 bits per heavy atom. The number of rotatable bonds is 1. The van der Waals surface area contributed by atoms with Crippen molar-refractivity contribution in [1.29, 1.82) is 0 Å². The predicted molar refractivity (Wildman–Crippen MR) is 41.6 cm³/mol. The summed E-state index contributed by atoms with van der Waals surface area (Å²) in [6, 6.07) is 0. The van der Waals surface area contributed by atoms with Gasteiger partial charge in [-0.2, -0.15) is 0 Å². The van der Waals surface area contributed by atoms with E-state index >= 15 is 0 Å². The van der Waals surface area contributed by atoms with Gasteiger partial charge in [0, 0.05) is 0 Å². The molecule has 0 bridgehead atoms. The zero-order valence-electron chi connectivity index (χ0n) is 5.17. The molecule has 1 rings (SSSR count). The smallest absolute Gasteiger partial charge is 0.255 e. The Hall–Kier alpha value is -0.170. The lowest BCUT2D eigenvalue weighted by atomic mass is 10.4. The van der Waals surface area contributed by atoms with Gasteiger partial charge in [-0.1, -0.05) is 22.6 Å². The minimum Gasteiger partial charge on any atom is -0.362 e. The lowest BCUT2D eigenvalue weighted by Gasteiger charge is -2.22. The van der Waals surface area contributed by atoms with Gasteiger partial charge in [0.15, 0.2) is 0 Å². The Labute approximate surface area is 71.7 Å². The van der Waals surface area contributed by atoms with Crippen LogP contribution in [-0.2, 0) is 14.3 Å². The summed E-state index contributed by atoms with van der Waals surface area (Å²) in [6.45, 7) is 0.0729. The Bertz CT molecular complexity index is 154. The fourth-order valence-corrected chi connectivity index (χ4v) is 1.41. The molecule has 1 heterocycles. The first-order valence-corrected chi connectivity index (χ1v) is 4.25. The van der Waals surface area contributed by atoms with E-state index in [4.69, 9.17) is 0 Å². The second-order valence-electron chi connectivity index (χ2n) is 1.83. The van der Waals surface area contributed by atoms with Crippen LogP contribution in [0.25, 0.3) is 0 Å².